The van der Waals surface area contributed by atoms with Crippen LogP contribution in [0.15, 0.2) is 4.47 Å². The lowest BCUT2D eigenvalue weighted by Gasteiger charge is -2.21. The minimum absolute atomic E-state index is 0.950. The molecule has 1 aliphatic rings. The summed E-state index contributed by atoms with van der Waals surface area (Å²) in [4.78, 5) is 2.61. The highest BCUT2D eigenvalue weighted by molar-refractivity contribution is 9.10. The molecule has 1 atom stereocenters. The third-order valence-electron chi connectivity index (χ3n) is 4.46. The second-order valence-electron chi connectivity index (χ2n) is 6.02. The van der Waals surface area contributed by atoms with Crippen LogP contribution in [0.4, 0.5) is 0 Å². The molecular formula is C16H28BrN3. The summed E-state index contributed by atoms with van der Waals surface area (Å²) in [5.41, 5.74) is 2.46. The van der Waals surface area contributed by atoms with Crippen LogP contribution in [-0.2, 0) is 13.1 Å². The van der Waals surface area contributed by atoms with Crippen molar-refractivity contribution in [2.45, 2.75) is 66.0 Å². The number of aromatic nitrogens is 2. The van der Waals surface area contributed by atoms with Crippen molar-refractivity contribution < 1.29 is 0 Å². The molecule has 1 unspecified atom stereocenters. The monoisotopic (exact) mass is 341 g/mol. The molecule has 2 heterocycles. The van der Waals surface area contributed by atoms with E-state index in [2.05, 4.69) is 51.4 Å². The van der Waals surface area contributed by atoms with Gasteiger partial charge in [0.15, 0.2) is 0 Å². The van der Waals surface area contributed by atoms with Crippen LogP contribution in [0.25, 0.3) is 0 Å². The topological polar surface area (TPSA) is 21.1 Å². The molecule has 1 aromatic rings. The first kappa shape index (κ1) is 16.0. The molecule has 2 rings (SSSR count). The number of halogens is 1. The van der Waals surface area contributed by atoms with Crippen molar-refractivity contribution in [1.82, 2.24) is 14.7 Å². The van der Waals surface area contributed by atoms with Crippen molar-refractivity contribution >= 4 is 15.9 Å². The molecule has 114 valence electrons. The fourth-order valence-corrected chi connectivity index (χ4v) is 3.72. The zero-order valence-corrected chi connectivity index (χ0v) is 14.7. The van der Waals surface area contributed by atoms with Gasteiger partial charge in [0.05, 0.1) is 15.9 Å². The Labute approximate surface area is 131 Å². The van der Waals surface area contributed by atoms with Crippen LogP contribution < -0.4 is 0 Å². The van der Waals surface area contributed by atoms with Crippen LogP contribution >= 0.6 is 15.9 Å². The molecule has 1 saturated heterocycles. The largest absolute Gasteiger partial charge is 0.297 e. The molecule has 4 heteroatoms. The van der Waals surface area contributed by atoms with E-state index in [-0.39, 0.29) is 0 Å². The fraction of sp³-hybridized carbons (Fsp3) is 0.812. The maximum absolute atomic E-state index is 4.61. The fourth-order valence-electron chi connectivity index (χ4n) is 3.31. The van der Waals surface area contributed by atoms with Crippen LogP contribution in [0.2, 0.25) is 0 Å². The summed E-state index contributed by atoms with van der Waals surface area (Å²) in [7, 11) is 0. The molecule has 0 saturated carbocycles. The molecule has 0 spiro atoms. The number of nitrogens with zero attached hydrogens (tertiary/aromatic N) is 3. The highest BCUT2D eigenvalue weighted by atomic mass is 79.9. The van der Waals surface area contributed by atoms with Gasteiger partial charge in [-0.1, -0.05) is 19.8 Å². The lowest BCUT2D eigenvalue weighted by molar-refractivity contribution is 0.262. The lowest BCUT2D eigenvalue weighted by Crippen LogP contribution is -2.26. The Morgan fingerprint density at radius 2 is 2.05 bits per heavy atom. The minimum atomic E-state index is 0.950. The summed E-state index contributed by atoms with van der Waals surface area (Å²) in [6.45, 7) is 11.0. The predicted molar refractivity (Wildman–Crippen MR) is 87.9 cm³/mol. The van der Waals surface area contributed by atoms with Crippen LogP contribution in [0.1, 0.15) is 57.3 Å². The molecule has 0 aromatic carbocycles. The molecule has 1 fully saturated rings. The molecule has 1 aliphatic heterocycles. The predicted octanol–water partition coefficient (Wildman–Crippen LogP) is 4.38. The van der Waals surface area contributed by atoms with E-state index in [1.165, 1.54) is 55.4 Å². The van der Waals surface area contributed by atoms with Crippen LogP contribution in [0.5, 0.6) is 0 Å². The van der Waals surface area contributed by atoms with Crippen LogP contribution in [0, 0.1) is 12.8 Å². The summed E-state index contributed by atoms with van der Waals surface area (Å²) < 4.78 is 3.35. The van der Waals surface area contributed by atoms with Gasteiger partial charge in [-0.15, -0.1) is 0 Å². The molecule has 1 aromatic heterocycles. The summed E-state index contributed by atoms with van der Waals surface area (Å²) in [6.07, 6.45) is 6.87. The highest BCUT2D eigenvalue weighted by Gasteiger charge is 2.19. The van der Waals surface area contributed by atoms with Gasteiger partial charge in [0.25, 0.3) is 0 Å². The molecular weight excluding hydrogens is 314 g/mol. The van der Waals surface area contributed by atoms with E-state index in [4.69, 9.17) is 0 Å². The van der Waals surface area contributed by atoms with E-state index in [1.54, 1.807) is 0 Å². The van der Waals surface area contributed by atoms with E-state index in [1.807, 2.05) is 0 Å². The van der Waals surface area contributed by atoms with Crippen molar-refractivity contribution in [2.24, 2.45) is 5.92 Å². The quantitative estimate of drug-likeness (QED) is 0.792. The van der Waals surface area contributed by atoms with Crippen molar-refractivity contribution in [3.8, 4) is 0 Å². The van der Waals surface area contributed by atoms with Crippen molar-refractivity contribution in [1.29, 1.82) is 0 Å². The van der Waals surface area contributed by atoms with Gasteiger partial charge in [0.2, 0.25) is 0 Å². The highest BCUT2D eigenvalue weighted by Crippen LogP contribution is 2.26. The zero-order chi connectivity index (χ0) is 14.5. The van der Waals surface area contributed by atoms with Gasteiger partial charge in [-0.3, -0.25) is 9.58 Å². The van der Waals surface area contributed by atoms with Gasteiger partial charge in [-0.2, -0.15) is 5.10 Å². The Kier molecular flexibility index (Phi) is 6.09. The summed E-state index contributed by atoms with van der Waals surface area (Å²) in [5.74, 6) is 0.950. The normalized spacial score (nSPS) is 21.1. The zero-order valence-electron chi connectivity index (χ0n) is 13.2. The van der Waals surface area contributed by atoms with Gasteiger partial charge >= 0.3 is 0 Å². The van der Waals surface area contributed by atoms with Crippen LogP contribution in [0.3, 0.4) is 0 Å². The Morgan fingerprint density at radius 1 is 1.25 bits per heavy atom. The van der Waals surface area contributed by atoms with E-state index < -0.39 is 0 Å². The van der Waals surface area contributed by atoms with Crippen LogP contribution in [-0.4, -0.2) is 27.8 Å². The molecule has 0 bridgehead atoms. The van der Waals surface area contributed by atoms with E-state index in [0.29, 0.717) is 0 Å². The summed E-state index contributed by atoms with van der Waals surface area (Å²) in [5, 5.41) is 4.61. The first-order valence-corrected chi connectivity index (χ1v) is 8.89. The Morgan fingerprint density at radius 3 is 2.75 bits per heavy atom. The third-order valence-corrected chi connectivity index (χ3v) is 5.49. The second kappa shape index (κ2) is 7.60. The number of hydrogen-bond donors (Lipinski definition) is 0. The van der Waals surface area contributed by atoms with Crippen molar-refractivity contribution in [2.75, 3.05) is 13.1 Å². The average molecular weight is 342 g/mol. The van der Waals surface area contributed by atoms with E-state index in [9.17, 15) is 0 Å². The average Bonchev–Trinajstić information content (AvgIpc) is 2.61. The number of aryl methyl sites for hydroxylation is 2. The molecule has 0 N–H and O–H groups in total. The standard InChI is InChI=1S/C16H28BrN3/c1-4-7-14-8-6-10-19(11-9-14)12-15-16(17)13(3)18-20(15)5-2/h14H,4-12H2,1-3H3. The van der Waals surface area contributed by atoms with Gasteiger partial charge in [0, 0.05) is 13.1 Å². The SMILES string of the molecule is CCCC1CCCN(Cc2c(Br)c(C)nn2CC)CC1. The Bertz CT molecular complexity index is 428. The minimum Gasteiger partial charge on any atom is -0.297 e. The van der Waals surface area contributed by atoms with Gasteiger partial charge in [0.1, 0.15) is 0 Å². The maximum atomic E-state index is 4.61. The molecule has 0 aliphatic carbocycles. The first-order chi connectivity index (χ1) is 9.65. The number of hydrogen-bond acceptors (Lipinski definition) is 2. The van der Waals surface area contributed by atoms with Crippen molar-refractivity contribution in [3.05, 3.63) is 15.9 Å². The van der Waals surface area contributed by atoms with E-state index >= 15 is 0 Å². The molecule has 0 radical (unpaired) electrons. The van der Waals surface area contributed by atoms with Gasteiger partial charge < -0.3 is 0 Å². The summed E-state index contributed by atoms with van der Waals surface area (Å²) >= 11 is 3.71. The molecule has 0 amide bonds. The van der Waals surface area contributed by atoms with Crippen molar-refractivity contribution in [3.63, 3.8) is 0 Å². The Hall–Kier alpha value is -0.350. The third kappa shape index (κ3) is 3.85. The maximum Gasteiger partial charge on any atom is 0.0739 e. The lowest BCUT2D eigenvalue weighted by atomic mass is 9.96. The van der Waals surface area contributed by atoms with Gasteiger partial charge in [-0.25, -0.2) is 0 Å². The molecule has 20 heavy (non-hydrogen) atoms. The molecule has 3 nitrogen and oxygen atoms in total. The number of likely N-dealkylation sites (tertiary alicyclic amines) is 1. The summed E-state index contributed by atoms with van der Waals surface area (Å²) in [6, 6.07) is 0. The second-order valence-corrected chi connectivity index (χ2v) is 6.82. The Balaban J connectivity index is 2.00. The number of rotatable bonds is 5. The van der Waals surface area contributed by atoms with E-state index in [0.717, 1.165) is 24.7 Å². The van der Waals surface area contributed by atoms with Gasteiger partial charge in [-0.05, 0) is 68.0 Å². The smallest absolute Gasteiger partial charge is 0.0739 e. The first-order valence-electron chi connectivity index (χ1n) is 8.09.